The maximum Gasteiger partial charge on any atom is 0.0784 e. The molecule has 2 nitrogen and oxygen atoms in total. The zero-order chi connectivity index (χ0) is 17.4. The maximum atomic E-state index is 10.6. The zero-order valence-corrected chi connectivity index (χ0v) is 18.6. The van der Waals surface area contributed by atoms with Crippen molar-refractivity contribution in [2.75, 3.05) is 7.11 Å². The van der Waals surface area contributed by atoms with Crippen molar-refractivity contribution in [2.24, 2.45) is 0 Å². The van der Waals surface area contributed by atoms with E-state index >= 15 is 0 Å². The summed E-state index contributed by atoms with van der Waals surface area (Å²) >= 11 is 0. The molecular formula is C18H42O2Si2. The molecule has 0 amide bonds. The molecule has 0 rings (SSSR count). The lowest BCUT2D eigenvalue weighted by Gasteiger charge is -2.51. The van der Waals surface area contributed by atoms with Crippen LogP contribution in [0.5, 0.6) is 0 Å². The number of methoxy groups -OCH3 is 1. The Labute approximate surface area is 142 Å². The molecule has 0 saturated heterocycles. The number of aliphatic hydroxyl groups is 1. The monoisotopic (exact) mass is 346 g/mol. The summed E-state index contributed by atoms with van der Waals surface area (Å²) in [4.78, 5) is -0.0401. The third-order valence-electron chi connectivity index (χ3n) is 5.19. The van der Waals surface area contributed by atoms with E-state index < -0.39 is 16.1 Å². The Kier molecular flexibility index (Phi) is 9.76. The van der Waals surface area contributed by atoms with E-state index in [1.165, 1.54) is 32.1 Å². The SMILES string of the molecule is CCCCCCCCC(O)CC(OC)([Si](C)(C)C)[Si](C)(C)C. The Hall–Kier alpha value is 0.354. The van der Waals surface area contributed by atoms with Gasteiger partial charge in [-0.25, -0.2) is 0 Å². The molecule has 0 aromatic heterocycles. The molecule has 22 heavy (non-hydrogen) atoms. The van der Waals surface area contributed by atoms with Gasteiger partial charge in [0.2, 0.25) is 0 Å². The first kappa shape index (κ1) is 22.4. The molecule has 0 heterocycles. The lowest BCUT2D eigenvalue weighted by molar-refractivity contribution is 0.0470. The standard InChI is InChI=1S/C18H42O2Si2/c1-9-10-11-12-13-14-15-17(19)16-18(20-2,21(3,4)5)22(6,7)8/h17,19H,9-16H2,1-8H3. The summed E-state index contributed by atoms with van der Waals surface area (Å²) in [6, 6.07) is 0. The van der Waals surface area contributed by atoms with Gasteiger partial charge in [-0.2, -0.15) is 0 Å². The van der Waals surface area contributed by atoms with Gasteiger partial charge < -0.3 is 9.84 Å². The minimum atomic E-state index is -1.52. The quantitative estimate of drug-likeness (QED) is 0.366. The smallest absolute Gasteiger partial charge is 0.0784 e. The predicted molar refractivity (Wildman–Crippen MR) is 105 cm³/mol. The molecule has 1 N–H and O–H groups in total. The van der Waals surface area contributed by atoms with E-state index in [9.17, 15) is 5.11 Å². The van der Waals surface area contributed by atoms with Gasteiger partial charge in [0.1, 0.15) is 0 Å². The van der Waals surface area contributed by atoms with Crippen molar-refractivity contribution in [1.82, 2.24) is 0 Å². The molecule has 0 fully saturated rings. The molecule has 0 aromatic rings. The van der Waals surface area contributed by atoms with Gasteiger partial charge in [-0.3, -0.25) is 0 Å². The predicted octanol–water partition coefficient (Wildman–Crippen LogP) is 5.63. The van der Waals surface area contributed by atoms with Crippen LogP contribution in [0.25, 0.3) is 0 Å². The highest BCUT2D eigenvalue weighted by Gasteiger charge is 2.53. The molecule has 0 spiro atoms. The highest BCUT2D eigenvalue weighted by molar-refractivity contribution is 6.98. The van der Waals surface area contributed by atoms with Crippen molar-refractivity contribution in [3.63, 3.8) is 0 Å². The van der Waals surface area contributed by atoms with E-state index in [1.54, 1.807) is 0 Å². The largest absolute Gasteiger partial charge is 0.393 e. The lowest BCUT2D eigenvalue weighted by atomic mass is 10.1. The minimum absolute atomic E-state index is 0.0401. The second kappa shape index (κ2) is 9.60. The topological polar surface area (TPSA) is 29.5 Å². The van der Waals surface area contributed by atoms with Crippen LogP contribution in [0.1, 0.15) is 58.3 Å². The van der Waals surface area contributed by atoms with Crippen LogP contribution in [-0.2, 0) is 4.74 Å². The van der Waals surface area contributed by atoms with Gasteiger partial charge in [0, 0.05) is 7.11 Å². The third-order valence-corrected chi connectivity index (χ3v) is 15.3. The summed E-state index contributed by atoms with van der Waals surface area (Å²) in [7, 11) is -1.17. The fraction of sp³-hybridized carbons (Fsp3) is 1.00. The maximum absolute atomic E-state index is 10.6. The molecule has 0 aliphatic carbocycles. The Morgan fingerprint density at radius 2 is 1.32 bits per heavy atom. The van der Waals surface area contributed by atoms with E-state index in [1.807, 2.05) is 7.11 Å². The van der Waals surface area contributed by atoms with E-state index in [0.29, 0.717) is 0 Å². The number of hydrogen-bond acceptors (Lipinski definition) is 2. The normalized spacial score (nSPS) is 15.1. The summed E-state index contributed by atoms with van der Waals surface area (Å²) in [6.45, 7) is 16.6. The van der Waals surface area contributed by atoms with Gasteiger partial charge >= 0.3 is 0 Å². The lowest BCUT2D eigenvalue weighted by Crippen LogP contribution is -2.68. The van der Waals surface area contributed by atoms with Crippen molar-refractivity contribution in [1.29, 1.82) is 0 Å². The van der Waals surface area contributed by atoms with Crippen molar-refractivity contribution in [3.05, 3.63) is 0 Å². The highest BCUT2D eigenvalue weighted by atomic mass is 28.4. The van der Waals surface area contributed by atoms with Crippen LogP contribution in [0.3, 0.4) is 0 Å². The van der Waals surface area contributed by atoms with Gasteiger partial charge in [-0.15, -0.1) is 0 Å². The fourth-order valence-electron chi connectivity index (χ4n) is 4.03. The second-order valence-electron chi connectivity index (χ2n) is 8.95. The zero-order valence-electron chi connectivity index (χ0n) is 16.6. The van der Waals surface area contributed by atoms with E-state index in [-0.39, 0.29) is 11.0 Å². The molecule has 0 saturated carbocycles. The van der Waals surface area contributed by atoms with Crippen molar-refractivity contribution >= 4 is 16.1 Å². The first-order chi connectivity index (χ1) is 10.0. The van der Waals surface area contributed by atoms with Gasteiger partial charge in [-0.1, -0.05) is 84.7 Å². The van der Waals surface area contributed by atoms with E-state index in [4.69, 9.17) is 4.74 Å². The Bertz CT molecular complexity index is 278. The van der Waals surface area contributed by atoms with Gasteiger partial charge in [-0.05, 0) is 12.8 Å². The van der Waals surface area contributed by atoms with Crippen LogP contribution in [-0.4, -0.2) is 39.3 Å². The van der Waals surface area contributed by atoms with Crippen LogP contribution in [0.2, 0.25) is 39.3 Å². The van der Waals surface area contributed by atoms with Gasteiger partial charge in [0.25, 0.3) is 0 Å². The van der Waals surface area contributed by atoms with Crippen molar-refractivity contribution in [2.45, 2.75) is 109 Å². The van der Waals surface area contributed by atoms with Crippen LogP contribution >= 0.6 is 0 Å². The molecule has 0 aliphatic heterocycles. The summed E-state index contributed by atoms with van der Waals surface area (Å²) < 4.78 is 6.16. The summed E-state index contributed by atoms with van der Waals surface area (Å²) in [5.74, 6) is 0. The first-order valence-corrected chi connectivity index (χ1v) is 16.2. The minimum Gasteiger partial charge on any atom is -0.393 e. The van der Waals surface area contributed by atoms with Crippen LogP contribution < -0.4 is 0 Å². The number of ether oxygens (including phenoxy) is 1. The van der Waals surface area contributed by atoms with Gasteiger partial charge in [0.15, 0.2) is 0 Å². The number of unbranched alkanes of at least 4 members (excludes halogenated alkanes) is 5. The Morgan fingerprint density at radius 3 is 1.73 bits per heavy atom. The molecule has 0 aliphatic rings. The number of aliphatic hydroxyl groups excluding tert-OH is 1. The summed E-state index contributed by atoms with van der Waals surface area (Å²) in [5.41, 5.74) is 0. The summed E-state index contributed by atoms with van der Waals surface area (Å²) in [6.07, 6.45) is 9.29. The second-order valence-corrected chi connectivity index (χ2v) is 20.1. The average molecular weight is 347 g/mol. The molecule has 134 valence electrons. The molecule has 4 heteroatoms. The number of rotatable bonds is 12. The number of hydrogen-bond donors (Lipinski definition) is 1. The Morgan fingerprint density at radius 1 is 0.864 bits per heavy atom. The first-order valence-electron chi connectivity index (χ1n) is 9.25. The fourth-order valence-corrected chi connectivity index (χ4v) is 15.9. The third kappa shape index (κ3) is 6.46. The van der Waals surface area contributed by atoms with Crippen molar-refractivity contribution in [3.8, 4) is 0 Å². The van der Waals surface area contributed by atoms with E-state index in [2.05, 4.69) is 46.2 Å². The summed E-state index contributed by atoms with van der Waals surface area (Å²) in [5, 5.41) is 10.6. The van der Waals surface area contributed by atoms with Gasteiger partial charge in [0.05, 0.1) is 27.1 Å². The van der Waals surface area contributed by atoms with Crippen molar-refractivity contribution < 1.29 is 9.84 Å². The molecule has 0 radical (unpaired) electrons. The van der Waals surface area contributed by atoms with E-state index in [0.717, 1.165) is 19.3 Å². The molecule has 0 aromatic carbocycles. The van der Waals surface area contributed by atoms with Crippen LogP contribution in [0.4, 0.5) is 0 Å². The van der Waals surface area contributed by atoms with Crippen LogP contribution in [0, 0.1) is 0 Å². The molecule has 0 bridgehead atoms. The highest BCUT2D eigenvalue weighted by Crippen LogP contribution is 2.38. The molecular weight excluding hydrogens is 304 g/mol. The molecule has 1 unspecified atom stereocenters. The average Bonchev–Trinajstić information content (AvgIpc) is 2.37. The molecule has 1 atom stereocenters. The van der Waals surface area contributed by atoms with Crippen LogP contribution in [0.15, 0.2) is 0 Å². The Balaban J connectivity index is 4.56.